The quantitative estimate of drug-likeness (QED) is 0.713. The van der Waals surface area contributed by atoms with Gasteiger partial charge in [0.25, 0.3) is 0 Å². The molecule has 0 rings (SSSR count). The van der Waals surface area contributed by atoms with Crippen molar-refractivity contribution in [1.29, 1.82) is 0 Å². The second-order valence-electron chi connectivity index (χ2n) is 2.10. The van der Waals surface area contributed by atoms with Gasteiger partial charge in [-0.15, -0.1) is 3.45 Å². The zero-order chi connectivity index (χ0) is 7.65. The fourth-order valence-electron chi connectivity index (χ4n) is 0.0723. The monoisotopic (exact) mass is 215 g/mol. The highest BCUT2D eigenvalue weighted by Gasteiger charge is 2.32. The highest BCUT2D eigenvalue weighted by molar-refractivity contribution is 9.08. The first-order valence-electron chi connectivity index (χ1n) is 2.24. The summed E-state index contributed by atoms with van der Waals surface area (Å²) in [7, 11) is 0. The van der Waals surface area contributed by atoms with Crippen molar-refractivity contribution in [2.45, 2.75) is 19.4 Å². The molecule has 0 aliphatic heterocycles. The molecule has 0 aromatic rings. The minimum atomic E-state index is -1.07. The fourth-order valence-corrected chi connectivity index (χ4v) is 0.296. The lowest BCUT2D eigenvalue weighted by Gasteiger charge is -2.21. The van der Waals surface area contributed by atoms with Gasteiger partial charge in [-0.25, -0.2) is 0 Å². The van der Waals surface area contributed by atoms with Crippen molar-refractivity contribution in [1.82, 2.24) is 3.45 Å². The van der Waals surface area contributed by atoms with E-state index in [-0.39, 0.29) is 0 Å². The van der Waals surface area contributed by atoms with Crippen LogP contribution in [0, 0.1) is 0 Å². The molecule has 0 bridgehead atoms. The summed E-state index contributed by atoms with van der Waals surface area (Å²) in [5, 5.41) is 8.46. The minimum absolute atomic E-state index is 0.947. The predicted molar refractivity (Wildman–Crippen MR) is 38.3 cm³/mol. The topological polar surface area (TPSA) is 40.5 Å². The van der Waals surface area contributed by atoms with Crippen LogP contribution in [-0.2, 0) is 4.79 Å². The normalized spacial score (nSPS) is 12.1. The molecule has 0 aliphatic carbocycles. The van der Waals surface area contributed by atoms with E-state index in [1.54, 1.807) is 0 Å². The molecule has 9 heavy (non-hydrogen) atoms. The Morgan fingerprint density at radius 3 is 2.11 bits per heavy atom. The first kappa shape index (κ1) is 9.20. The Morgan fingerprint density at radius 2 is 2.11 bits per heavy atom. The zero-order valence-electron chi connectivity index (χ0n) is 5.06. The maximum atomic E-state index is 10.3. The molecule has 0 aliphatic rings. The van der Waals surface area contributed by atoms with Gasteiger partial charge in [0, 0.05) is 16.1 Å². The molecular formula is C4H7BrClNO2. The van der Waals surface area contributed by atoms with E-state index < -0.39 is 11.5 Å². The molecule has 0 saturated heterocycles. The molecule has 0 amide bonds. The largest absolute Gasteiger partial charge is 0.480 e. The summed E-state index contributed by atoms with van der Waals surface area (Å²) in [5.41, 5.74) is -1.07. The lowest BCUT2D eigenvalue weighted by atomic mass is 10.1. The third-order valence-electron chi connectivity index (χ3n) is 0.946. The van der Waals surface area contributed by atoms with E-state index in [0.717, 1.165) is 3.45 Å². The van der Waals surface area contributed by atoms with Crippen molar-refractivity contribution < 1.29 is 9.90 Å². The van der Waals surface area contributed by atoms with Gasteiger partial charge in [0.15, 0.2) is 0 Å². The van der Waals surface area contributed by atoms with E-state index in [4.69, 9.17) is 16.9 Å². The van der Waals surface area contributed by atoms with Crippen LogP contribution in [0.15, 0.2) is 0 Å². The molecule has 0 saturated carbocycles. The first-order chi connectivity index (χ1) is 3.89. The number of hydrogen-bond donors (Lipinski definition) is 1. The molecule has 3 nitrogen and oxygen atoms in total. The summed E-state index contributed by atoms with van der Waals surface area (Å²) in [4.78, 5) is 10.3. The number of carboxylic acids is 1. The second-order valence-corrected chi connectivity index (χ2v) is 3.55. The highest BCUT2D eigenvalue weighted by Crippen LogP contribution is 2.20. The molecular weight excluding hydrogens is 209 g/mol. The van der Waals surface area contributed by atoms with Crippen molar-refractivity contribution >= 4 is 33.9 Å². The van der Waals surface area contributed by atoms with Gasteiger partial charge in [0.2, 0.25) is 0 Å². The van der Waals surface area contributed by atoms with Crippen LogP contribution in [0.2, 0.25) is 0 Å². The summed E-state index contributed by atoms with van der Waals surface area (Å²) < 4.78 is 0.947. The van der Waals surface area contributed by atoms with Gasteiger partial charge in [0.1, 0.15) is 5.54 Å². The Hall–Kier alpha value is 0.200. The molecule has 0 radical (unpaired) electrons. The van der Waals surface area contributed by atoms with Gasteiger partial charge >= 0.3 is 5.97 Å². The molecule has 0 aromatic carbocycles. The maximum Gasteiger partial charge on any atom is 0.325 e. The van der Waals surface area contributed by atoms with Gasteiger partial charge in [-0.3, -0.25) is 4.79 Å². The van der Waals surface area contributed by atoms with Crippen molar-refractivity contribution in [3.05, 3.63) is 0 Å². The van der Waals surface area contributed by atoms with Crippen LogP contribution in [0.5, 0.6) is 0 Å². The lowest BCUT2D eigenvalue weighted by molar-refractivity contribution is -0.144. The van der Waals surface area contributed by atoms with Gasteiger partial charge < -0.3 is 5.11 Å². The standard InChI is InChI=1S/C4H7BrClNO2/c1-4(2,3(8)9)7(5)6/h1-2H3,(H,8,9). The smallest absolute Gasteiger partial charge is 0.325 e. The molecule has 0 unspecified atom stereocenters. The summed E-state index contributed by atoms with van der Waals surface area (Å²) in [6.45, 7) is 2.97. The van der Waals surface area contributed by atoms with Crippen LogP contribution in [0.1, 0.15) is 13.8 Å². The molecule has 0 spiro atoms. The number of aliphatic carboxylic acids is 1. The van der Waals surface area contributed by atoms with Crippen LogP contribution < -0.4 is 0 Å². The summed E-state index contributed by atoms with van der Waals surface area (Å²) >= 11 is 8.15. The third kappa shape index (κ3) is 2.12. The van der Waals surface area contributed by atoms with Crippen molar-refractivity contribution in [3.63, 3.8) is 0 Å². The van der Waals surface area contributed by atoms with Crippen LogP contribution in [-0.4, -0.2) is 20.1 Å². The van der Waals surface area contributed by atoms with E-state index in [1.807, 2.05) is 0 Å². The SMILES string of the molecule is CC(C)(C(=O)O)N(Cl)Br. The summed E-state index contributed by atoms with van der Waals surface area (Å²) in [5.74, 6) is -0.977. The van der Waals surface area contributed by atoms with Crippen LogP contribution in [0.4, 0.5) is 0 Å². The van der Waals surface area contributed by atoms with Crippen LogP contribution >= 0.6 is 27.9 Å². The van der Waals surface area contributed by atoms with E-state index >= 15 is 0 Å². The van der Waals surface area contributed by atoms with E-state index in [9.17, 15) is 4.79 Å². The molecule has 1 N–H and O–H groups in total. The Labute approximate surface area is 67.0 Å². The van der Waals surface area contributed by atoms with Crippen LogP contribution in [0.3, 0.4) is 0 Å². The lowest BCUT2D eigenvalue weighted by Crippen LogP contribution is -2.39. The molecule has 0 heterocycles. The third-order valence-corrected chi connectivity index (χ3v) is 2.26. The van der Waals surface area contributed by atoms with Crippen LogP contribution in [0.25, 0.3) is 0 Å². The molecule has 54 valence electrons. The highest BCUT2D eigenvalue weighted by atomic mass is 79.9. The first-order valence-corrected chi connectivity index (χ1v) is 3.29. The van der Waals surface area contributed by atoms with Crippen molar-refractivity contribution in [3.8, 4) is 0 Å². The van der Waals surface area contributed by atoms with Gasteiger partial charge in [-0.1, -0.05) is 0 Å². The second kappa shape index (κ2) is 2.86. The predicted octanol–water partition coefficient (Wildman–Crippen LogP) is 1.62. The Morgan fingerprint density at radius 1 is 1.78 bits per heavy atom. The average molecular weight is 216 g/mol. The Bertz CT molecular complexity index is 126. The number of rotatable bonds is 2. The number of halogens is 2. The van der Waals surface area contributed by atoms with Crippen molar-refractivity contribution in [2.75, 3.05) is 0 Å². The van der Waals surface area contributed by atoms with Crippen molar-refractivity contribution in [2.24, 2.45) is 0 Å². The summed E-state index contributed by atoms with van der Waals surface area (Å²) in [6.07, 6.45) is 0. The molecule has 5 heteroatoms. The fraction of sp³-hybridized carbons (Fsp3) is 0.750. The summed E-state index contributed by atoms with van der Waals surface area (Å²) in [6, 6.07) is 0. The van der Waals surface area contributed by atoms with Gasteiger partial charge in [0.05, 0.1) is 0 Å². The van der Waals surface area contributed by atoms with E-state index in [2.05, 4.69) is 16.1 Å². The maximum absolute atomic E-state index is 10.3. The average Bonchev–Trinajstić information content (AvgIpc) is 1.65. The zero-order valence-corrected chi connectivity index (χ0v) is 7.40. The molecule has 0 fully saturated rings. The number of hydrogen-bond acceptors (Lipinski definition) is 2. The van der Waals surface area contributed by atoms with Gasteiger partial charge in [-0.05, 0) is 25.6 Å². The number of carbonyl (C=O) groups is 1. The number of carboxylic acid groups (broad SMARTS) is 1. The Kier molecular flexibility index (Phi) is 2.92. The minimum Gasteiger partial charge on any atom is -0.480 e. The number of nitrogens with zero attached hydrogens (tertiary/aromatic N) is 1. The molecule has 0 aromatic heterocycles. The van der Waals surface area contributed by atoms with E-state index in [1.165, 1.54) is 13.8 Å². The van der Waals surface area contributed by atoms with Gasteiger partial charge in [-0.2, -0.15) is 0 Å². The Balaban J connectivity index is 4.19. The molecule has 0 atom stereocenters. The van der Waals surface area contributed by atoms with E-state index in [0.29, 0.717) is 0 Å².